The first kappa shape index (κ1) is 56.7. The molecule has 0 saturated heterocycles. The topological polar surface area (TPSA) is 40.1 Å². The lowest BCUT2D eigenvalue weighted by Gasteiger charge is -2.46. The number of aromatic nitrogens is 2. The van der Waals surface area contributed by atoms with E-state index in [4.69, 9.17) is 0 Å². The number of anilines is 6. The SMILES string of the molecule is [2H]c1c([2H])c([2H])c2c(c1[2H])c1c([2H])c(C#N)c([2H])c([2H])c1n2-c1ccc2c(c1)N(c1c(-c3ccccc3)cccc1-c1ccccc1)c1cc(-c3cccc4c3C3(c5ccccc5-c5ccccc53)c3ccccc3-4)cc3c1B2c1ccc(-n2c4c([2H])c([2H])c(C(C)(C)C)c([2H])c4c4c([2H])c(C(C)(C)C)c([2H])c([2H])c42)cc1N3c1c(-c2ccccc2)cccc1-c1ccccc1. The molecule has 0 atom stereocenters. The van der Waals surface area contributed by atoms with Gasteiger partial charge in [0, 0.05) is 77.9 Å². The van der Waals surface area contributed by atoms with Crippen LogP contribution < -0.4 is 26.2 Å². The van der Waals surface area contributed by atoms with Crippen molar-refractivity contribution in [2.75, 3.05) is 9.80 Å². The molecule has 6 heteroatoms. The number of benzene rings is 17. The normalized spacial score (nSPS) is 14.9. The van der Waals surface area contributed by atoms with Crippen molar-refractivity contribution in [2.45, 2.75) is 57.8 Å². The Morgan fingerprint density at radius 3 is 1.12 bits per heavy atom. The van der Waals surface area contributed by atoms with Crippen LogP contribution in [0.2, 0.25) is 0 Å². The molecule has 5 nitrogen and oxygen atoms in total. The first-order chi connectivity index (χ1) is 63.3. The van der Waals surface area contributed by atoms with Gasteiger partial charge in [0.2, 0.25) is 0 Å². The van der Waals surface area contributed by atoms with Crippen LogP contribution in [0.1, 0.15) is 98.3 Å². The predicted molar refractivity (Wildman–Crippen MR) is 495 cm³/mol. The molecule has 0 radical (unpaired) electrons. The Morgan fingerprint density at radius 1 is 0.322 bits per heavy atom. The second-order valence-corrected chi connectivity index (χ2v) is 33.4. The summed E-state index contributed by atoms with van der Waals surface area (Å²) in [4.78, 5) is 4.78. The number of nitriles is 1. The van der Waals surface area contributed by atoms with Gasteiger partial charge in [-0.3, -0.25) is 0 Å². The van der Waals surface area contributed by atoms with Gasteiger partial charge in [-0.15, -0.1) is 0 Å². The Morgan fingerprint density at radius 2 is 0.686 bits per heavy atom. The predicted octanol–water partition coefficient (Wildman–Crippen LogP) is 27.1. The van der Waals surface area contributed by atoms with E-state index < -0.39 is 70.8 Å². The van der Waals surface area contributed by atoms with Gasteiger partial charge in [0.25, 0.3) is 6.71 Å². The average Bonchev–Trinajstić information content (AvgIpc) is 1.49. The van der Waals surface area contributed by atoms with E-state index in [1.165, 1.54) is 0 Å². The molecule has 2 aliphatic heterocycles. The van der Waals surface area contributed by atoms with E-state index >= 15 is 0 Å². The molecular formula is C112H80BN5. The highest BCUT2D eigenvalue weighted by atomic mass is 15.2. The maximum atomic E-state index is 10.8. The molecule has 556 valence electrons. The molecule has 1 spiro atoms. The van der Waals surface area contributed by atoms with Crippen LogP contribution in [-0.2, 0) is 16.2 Å². The number of nitrogens with zero attached hydrogens (tertiary/aromatic N) is 5. The fourth-order valence-corrected chi connectivity index (χ4v) is 19.7. The van der Waals surface area contributed by atoms with Gasteiger partial charge in [0.05, 0.1) is 68.3 Å². The standard InChI is InChI=1S/C112H80BN5/c1-110(2,3)76-53-60-100-91(65-76)92-66-77(111(4,5)6)54-61-101(92)116(100)79-56-58-97-103(68-79)118(109-83(73-34-15-9-16-35-73)45-29-46-84(109)74-36-17-10-18-37-74)105-64-75(80-42-27-47-89-87-40-21-25-50-95(87)112(106(80)89)93-48-23-19-38-85(93)86-39-20-24-49-94(86)112)63-104-107(105)113(97)96-57-55-78(115-98-51-26-22-41-88(98)90-62-70(69-114)52-59-99(90)115)67-102(96)117(104)108-81(71-30-11-7-12-31-71)43-28-44-82(108)72-32-13-8-14-33-72/h7-68H,1-6H3/i22D,26D,41D,51D,52D,53D,54D,59D,60D,61D,62D,65D,66D. The van der Waals surface area contributed by atoms with Crippen molar-refractivity contribution in [1.29, 1.82) is 5.26 Å². The molecule has 2 aliphatic carbocycles. The maximum absolute atomic E-state index is 10.8. The molecule has 23 rings (SSSR count). The molecule has 0 saturated carbocycles. The Kier molecular flexibility index (Phi) is 12.5. The summed E-state index contributed by atoms with van der Waals surface area (Å²) in [5, 5.41) is 11.1. The molecule has 0 amide bonds. The zero-order chi connectivity index (χ0) is 90.3. The summed E-state index contributed by atoms with van der Waals surface area (Å²) < 4.78 is 134. The van der Waals surface area contributed by atoms with Crippen molar-refractivity contribution in [3.8, 4) is 95.3 Å². The van der Waals surface area contributed by atoms with Crippen molar-refractivity contribution in [3.63, 3.8) is 0 Å². The number of hydrogen-bond donors (Lipinski definition) is 0. The van der Waals surface area contributed by atoms with Gasteiger partial charge in [0.1, 0.15) is 0 Å². The fourth-order valence-electron chi connectivity index (χ4n) is 19.7. The molecule has 17 aromatic carbocycles. The second kappa shape index (κ2) is 26.0. The second-order valence-electron chi connectivity index (χ2n) is 33.4. The van der Waals surface area contributed by atoms with Gasteiger partial charge in [-0.1, -0.05) is 333 Å². The summed E-state index contributed by atoms with van der Waals surface area (Å²) in [5.41, 5.74) is 22.7. The zero-order valence-electron chi connectivity index (χ0n) is 78.6. The van der Waals surface area contributed by atoms with Crippen molar-refractivity contribution < 1.29 is 17.8 Å². The Labute approximate surface area is 706 Å². The lowest BCUT2D eigenvalue weighted by Crippen LogP contribution is -2.61. The first-order valence-electron chi connectivity index (χ1n) is 46.8. The minimum atomic E-state index is -0.901. The van der Waals surface area contributed by atoms with Crippen LogP contribution in [0.3, 0.4) is 0 Å². The Balaban J connectivity index is 0.947. The summed E-state index contributed by atoms with van der Waals surface area (Å²) in [6, 6.07) is 102. The molecule has 118 heavy (non-hydrogen) atoms. The Bertz CT molecular complexity index is 7900. The van der Waals surface area contributed by atoms with Gasteiger partial charge in [-0.25, -0.2) is 0 Å². The molecular weight excluding hydrogens is 1430 g/mol. The highest BCUT2D eigenvalue weighted by Gasteiger charge is 2.54. The lowest BCUT2D eigenvalue weighted by atomic mass is 9.33. The molecule has 19 aromatic rings. The Hall–Kier alpha value is -14.5. The van der Waals surface area contributed by atoms with Gasteiger partial charge in [0.15, 0.2) is 0 Å². The van der Waals surface area contributed by atoms with Crippen LogP contribution in [0.4, 0.5) is 34.1 Å². The minimum Gasteiger partial charge on any atom is -0.310 e. The summed E-state index contributed by atoms with van der Waals surface area (Å²) in [5.74, 6) is 0. The highest BCUT2D eigenvalue weighted by molar-refractivity contribution is 7.00. The summed E-state index contributed by atoms with van der Waals surface area (Å²) in [6.45, 7) is 10.7. The van der Waals surface area contributed by atoms with E-state index in [1.807, 2.05) is 139 Å². The molecule has 2 aromatic heterocycles. The quantitative estimate of drug-likeness (QED) is 0.135. The van der Waals surface area contributed by atoms with Gasteiger partial charge < -0.3 is 18.9 Å². The third-order valence-corrected chi connectivity index (χ3v) is 24.8. The lowest BCUT2D eigenvalue weighted by molar-refractivity contribution is 0.590. The van der Waals surface area contributed by atoms with E-state index in [0.29, 0.717) is 33.9 Å². The van der Waals surface area contributed by atoms with Gasteiger partial charge in [-0.2, -0.15) is 5.26 Å². The van der Waals surface area contributed by atoms with E-state index in [0.717, 1.165) is 139 Å². The van der Waals surface area contributed by atoms with Gasteiger partial charge in [-0.05, 0) is 201 Å². The molecule has 4 aliphatic rings. The van der Waals surface area contributed by atoms with E-state index in [1.54, 1.807) is 9.13 Å². The monoisotopic (exact) mass is 1520 g/mol. The third kappa shape index (κ3) is 10.1. The van der Waals surface area contributed by atoms with Crippen molar-refractivity contribution in [3.05, 3.63) is 415 Å². The van der Waals surface area contributed by atoms with E-state index in [-0.39, 0.29) is 79.9 Å². The number of fused-ring (bicyclic) bond motifs is 20. The molecule has 0 bridgehead atoms. The number of hydrogen-bond acceptors (Lipinski definition) is 3. The van der Waals surface area contributed by atoms with Crippen LogP contribution in [0.25, 0.3) is 133 Å². The smallest absolute Gasteiger partial charge is 0.252 e. The van der Waals surface area contributed by atoms with Crippen LogP contribution in [0.5, 0.6) is 0 Å². The fraction of sp³-hybridized carbons (Fsp3) is 0.0804. The van der Waals surface area contributed by atoms with Crippen LogP contribution in [-0.4, -0.2) is 15.8 Å². The largest absolute Gasteiger partial charge is 0.310 e. The average molecular weight is 1520 g/mol. The first-order valence-corrected chi connectivity index (χ1v) is 40.3. The summed E-state index contributed by atoms with van der Waals surface area (Å²) in [7, 11) is 0. The number of rotatable bonds is 9. The van der Waals surface area contributed by atoms with Gasteiger partial charge >= 0.3 is 0 Å². The zero-order valence-corrected chi connectivity index (χ0v) is 65.6. The summed E-state index contributed by atoms with van der Waals surface area (Å²) in [6.07, 6.45) is 0. The van der Waals surface area contributed by atoms with Crippen molar-refractivity contribution in [1.82, 2.24) is 9.13 Å². The maximum Gasteiger partial charge on any atom is 0.252 e. The minimum absolute atomic E-state index is 0.0399. The molecule has 0 fully saturated rings. The van der Waals surface area contributed by atoms with Crippen LogP contribution >= 0.6 is 0 Å². The summed E-state index contributed by atoms with van der Waals surface area (Å²) >= 11 is 0. The van der Waals surface area contributed by atoms with Crippen LogP contribution in [0.15, 0.2) is 376 Å². The van der Waals surface area contributed by atoms with Crippen molar-refractivity contribution >= 4 is 101 Å². The number of para-hydroxylation sites is 3. The molecule has 0 unspecified atom stereocenters. The highest BCUT2D eigenvalue weighted by Crippen LogP contribution is 2.65. The van der Waals surface area contributed by atoms with E-state index in [2.05, 4.69) is 216 Å². The molecule has 4 heterocycles. The van der Waals surface area contributed by atoms with Crippen LogP contribution in [0, 0.1) is 11.3 Å². The van der Waals surface area contributed by atoms with E-state index in [9.17, 15) is 23.1 Å². The molecule has 0 N–H and O–H groups in total. The van der Waals surface area contributed by atoms with Crippen molar-refractivity contribution in [2.24, 2.45) is 0 Å². The third-order valence-electron chi connectivity index (χ3n) is 24.8.